The Morgan fingerprint density at radius 1 is 0.896 bits per heavy atom. The highest BCUT2D eigenvalue weighted by atomic mass is 16.5. The Kier molecular flexibility index (Phi) is 11.0. The maximum Gasteiger partial charge on any atom is 0.219 e. The Bertz CT molecular complexity index is 1840. The monoisotopic (exact) mass is 651 g/mol. The number of aromatic carboxylic acids is 1. The fraction of sp³-hybridized carbons (Fsp3) is 0.488. The summed E-state index contributed by atoms with van der Waals surface area (Å²) in [7, 11) is 1.66. The molecule has 0 unspecified atom stereocenters. The Morgan fingerprint density at radius 2 is 1.56 bits per heavy atom. The Morgan fingerprint density at radius 3 is 2.25 bits per heavy atom. The zero-order valence-corrected chi connectivity index (χ0v) is 28.8. The van der Waals surface area contributed by atoms with E-state index in [1.54, 1.807) is 19.2 Å². The van der Waals surface area contributed by atoms with Crippen molar-refractivity contribution in [2.24, 2.45) is 5.92 Å². The fourth-order valence-electron chi connectivity index (χ4n) is 8.16. The van der Waals surface area contributed by atoms with Crippen LogP contribution in [0.15, 0.2) is 36.4 Å². The van der Waals surface area contributed by atoms with Gasteiger partial charge in [0.25, 0.3) is 0 Å². The molecule has 0 atom stereocenters. The van der Waals surface area contributed by atoms with Crippen LogP contribution in [0.2, 0.25) is 0 Å². The molecule has 0 fully saturated rings. The molecular formula is C41H53N3O4. The number of carbonyl (C=O) groups excluding carboxylic acids is 2. The second-order valence-electron chi connectivity index (χ2n) is 13.4. The van der Waals surface area contributed by atoms with E-state index in [9.17, 15) is 14.7 Å². The number of rotatable bonds is 4. The molecule has 5 heterocycles. The van der Waals surface area contributed by atoms with Gasteiger partial charge >= 0.3 is 0 Å². The minimum atomic E-state index is -1.13. The summed E-state index contributed by atoms with van der Waals surface area (Å²) in [6, 6.07) is 12.0. The van der Waals surface area contributed by atoms with Gasteiger partial charge in [-0.3, -0.25) is 4.79 Å². The predicted molar refractivity (Wildman–Crippen MR) is 193 cm³/mol. The number of ether oxygens (including phenoxy) is 1. The Balaban J connectivity index is 0.000000364. The van der Waals surface area contributed by atoms with Gasteiger partial charge in [0.1, 0.15) is 24.6 Å². The molecule has 0 spiro atoms. The van der Waals surface area contributed by atoms with Crippen LogP contribution in [0.1, 0.15) is 111 Å². The topological polar surface area (TPSA) is 84.7 Å². The molecule has 0 radical (unpaired) electrons. The van der Waals surface area contributed by atoms with Crippen LogP contribution in [0.5, 0.6) is 11.5 Å². The van der Waals surface area contributed by atoms with Crippen molar-refractivity contribution in [3.8, 4) is 11.5 Å². The average Bonchev–Trinajstić information content (AvgIpc) is 3.09. The molecule has 0 saturated carbocycles. The lowest BCUT2D eigenvalue weighted by molar-refractivity contribution is -0.255. The van der Waals surface area contributed by atoms with Crippen molar-refractivity contribution in [2.75, 3.05) is 38.1 Å². The molecule has 3 aromatic rings. The van der Waals surface area contributed by atoms with E-state index < -0.39 is 5.97 Å². The third-order valence-electron chi connectivity index (χ3n) is 9.98. The fourth-order valence-corrected chi connectivity index (χ4v) is 8.16. The molecular weight excluding hydrogens is 598 g/mol. The van der Waals surface area contributed by atoms with Gasteiger partial charge in [-0.25, -0.2) is 4.58 Å². The summed E-state index contributed by atoms with van der Waals surface area (Å²) in [5.74, 6) is 1.36. The van der Waals surface area contributed by atoms with Crippen molar-refractivity contribution in [1.29, 1.82) is 0 Å². The Labute approximate surface area is 286 Å². The van der Waals surface area contributed by atoms with E-state index in [1.807, 2.05) is 39.8 Å². The van der Waals surface area contributed by atoms with Gasteiger partial charge in [-0.15, -0.1) is 0 Å². The van der Waals surface area contributed by atoms with Crippen LogP contribution in [0.3, 0.4) is 0 Å². The first-order valence-electron chi connectivity index (χ1n) is 17.8. The maximum absolute atomic E-state index is 12.3. The number of hydrogen-bond donors (Lipinski definition) is 1. The first kappa shape index (κ1) is 35.2. The first-order chi connectivity index (χ1) is 22.9. The standard InChI is InChI=1S/C32H30N2O3.C6H13NO.C2H6.CH4/c35-32(36)22-10-2-1-9-21(22)27-25-17-19-7-3-13-33-15-5-11-23(28(19)33)30(25)37-31-24-12-6-16-34-14-4-8-20(29(24)34)18-26(27)31;1-5(2)4-6(8)7-3;1-2;/h1-2,9-10,17-18H,3-8,11-16H2;5H,4H2,1-3H3,(H,7,8);1-2H3;1H4. The number of fused-ring (bicyclic) bond motifs is 4. The maximum atomic E-state index is 12.3. The molecule has 7 nitrogen and oxygen atoms in total. The molecule has 0 aromatic heterocycles. The normalized spacial score (nSPS) is 16.2. The van der Waals surface area contributed by atoms with E-state index >= 15 is 0 Å². The van der Waals surface area contributed by atoms with E-state index in [1.165, 1.54) is 33.3 Å². The minimum Gasteiger partial charge on any atom is -0.545 e. The molecule has 5 aliphatic heterocycles. The van der Waals surface area contributed by atoms with Gasteiger partial charge in [0.15, 0.2) is 0 Å². The predicted octanol–water partition coefficient (Wildman–Crippen LogP) is 4.93. The Hall–Kier alpha value is -4.13. The largest absolute Gasteiger partial charge is 0.545 e. The lowest BCUT2D eigenvalue weighted by Gasteiger charge is -2.39. The number of carbonyl (C=O) groups is 2. The van der Waals surface area contributed by atoms with E-state index in [0.29, 0.717) is 12.3 Å². The van der Waals surface area contributed by atoms with Crippen LogP contribution < -0.4 is 35.2 Å². The van der Waals surface area contributed by atoms with Gasteiger partial charge in [0, 0.05) is 78.1 Å². The number of anilines is 1. The molecule has 1 amide bonds. The smallest absolute Gasteiger partial charge is 0.219 e. The molecule has 1 N–H and O–H groups in total. The van der Waals surface area contributed by atoms with E-state index in [4.69, 9.17) is 4.74 Å². The molecule has 7 heteroatoms. The summed E-state index contributed by atoms with van der Waals surface area (Å²) in [5, 5.41) is 17.3. The number of carboxylic acid groups (broad SMARTS) is 1. The van der Waals surface area contributed by atoms with E-state index in [0.717, 1.165) is 111 Å². The van der Waals surface area contributed by atoms with Crippen molar-refractivity contribution in [3.63, 3.8) is 0 Å². The number of carboxylic acids is 1. The van der Waals surface area contributed by atoms with Gasteiger partial charge in [-0.2, -0.15) is 0 Å². The second-order valence-corrected chi connectivity index (χ2v) is 13.4. The van der Waals surface area contributed by atoms with Crippen molar-refractivity contribution in [3.05, 3.63) is 85.9 Å². The molecule has 0 bridgehead atoms. The van der Waals surface area contributed by atoms with Gasteiger partial charge in [0.05, 0.1) is 11.5 Å². The molecule has 48 heavy (non-hydrogen) atoms. The van der Waals surface area contributed by atoms with Gasteiger partial charge in [0.2, 0.25) is 11.3 Å². The quantitative estimate of drug-likeness (QED) is 0.317. The van der Waals surface area contributed by atoms with Crippen molar-refractivity contribution in [1.82, 2.24) is 9.89 Å². The highest BCUT2D eigenvalue weighted by Gasteiger charge is 2.36. The zero-order chi connectivity index (χ0) is 33.2. The molecule has 0 saturated heterocycles. The molecule has 5 aliphatic rings. The summed E-state index contributed by atoms with van der Waals surface area (Å²) in [6.07, 6.45) is 9.29. The first-order valence-corrected chi connectivity index (χ1v) is 17.8. The summed E-state index contributed by atoms with van der Waals surface area (Å²) in [4.78, 5) is 25.4. The average molecular weight is 652 g/mol. The van der Waals surface area contributed by atoms with Gasteiger partial charge in [-0.1, -0.05) is 59.4 Å². The van der Waals surface area contributed by atoms with Crippen LogP contribution in [-0.2, 0) is 30.5 Å². The molecule has 0 aliphatic carbocycles. The number of hydrogen-bond acceptors (Lipinski definition) is 5. The van der Waals surface area contributed by atoms with Crippen molar-refractivity contribution >= 4 is 23.1 Å². The summed E-state index contributed by atoms with van der Waals surface area (Å²) >= 11 is 0. The van der Waals surface area contributed by atoms with E-state index in [2.05, 4.69) is 26.9 Å². The van der Waals surface area contributed by atoms with Crippen LogP contribution >= 0.6 is 0 Å². The number of benzene rings is 3. The van der Waals surface area contributed by atoms with Crippen molar-refractivity contribution in [2.45, 2.75) is 92.9 Å². The van der Waals surface area contributed by atoms with Gasteiger partial charge < -0.3 is 24.9 Å². The molecule has 8 rings (SSSR count). The third kappa shape index (κ3) is 6.36. The lowest BCUT2D eigenvalue weighted by Crippen LogP contribution is -2.45. The van der Waals surface area contributed by atoms with Crippen LogP contribution in [-0.4, -0.2) is 45.1 Å². The summed E-state index contributed by atoms with van der Waals surface area (Å²) < 4.78 is 9.58. The third-order valence-corrected chi connectivity index (χ3v) is 9.98. The van der Waals surface area contributed by atoms with Crippen LogP contribution in [0, 0.1) is 5.92 Å². The number of nitrogens with one attached hydrogen (secondary N) is 1. The number of nitrogens with zero attached hydrogens (tertiary/aromatic N) is 2. The molecule has 3 aromatic carbocycles. The van der Waals surface area contributed by atoms with Crippen LogP contribution in [0.25, 0.3) is 5.57 Å². The highest BCUT2D eigenvalue weighted by molar-refractivity contribution is 5.98. The highest BCUT2D eigenvalue weighted by Crippen LogP contribution is 2.48. The minimum absolute atomic E-state index is 0. The second kappa shape index (κ2) is 15.0. The van der Waals surface area contributed by atoms with Gasteiger partial charge in [-0.05, 0) is 67.7 Å². The SMILES string of the molecule is C.CC.CNC(=O)CC(C)C.O=C([O-])c1ccccc1C1=c2cc3c4c(c2Oc2c1cc1c5c2CCCN5CCC1)CCC[N+]=4CCC3. The number of aryl methyl sites for hydroxylation is 2. The van der Waals surface area contributed by atoms with E-state index in [-0.39, 0.29) is 18.9 Å². The van der Waals surface area contributed by atoms with Crippen molar-refractivity contribution < 1.29 is 19.4 Å². The lowest BCUT2D eigenvalue weighted by atomic mass is 9.82. The summed E-state index contributed by atoms with van der Waals surface area (Å²) in [6.45, 7) is 12.5. The zero-order valence-electron chi connectivity index (χ0n) is 28.8. The van der Waals surface area contributed by atoms with Crippen LogP contribution in [0.4, 0.5) is 5.69 Å². The molecule has 256 valence electrons. The number of amides is 1. The summed E-state index contributed by atoms with van der Waals surface area (Å²) in [5.41, 5.74) is 9.78.